The summed E-state index contributed by atoms with van der Waals surface area (Å²) in [4.78, 5) is 51.8. The zero-order valence-corrected chi connectivity index (χ0v) is 16.6. The zero-order valence-electron chi connectivity index (χ0n) is 16.6. The minimum absolute atomic E-state index is 0.146. The summed E-state index contributed by atoms with van der Waals surface area (Å²) in [6.45, 7) is 7.64. The van der Waals surface area contributed by atoms with Crippen LogP contribution >= 0.6 is 0 Å². The average Bonchev–Trinajstić information content (AvgIpc) is 2.69. The van der Waals surface area contributed by atoms with Crippen LogP contribution in [0, 0.1) is 0 Å². The number of carbonyl (C=O) groups excluding carboxylic acids is 4. The van der Waals surface area contributed by atoms with Crippen LogP contribution in [0.3, 0.4) is 0 Å². The Morgan fingerprint density at radius 3 is 1.61 bits per heavy atom. The molecule has 1 aromatic heterocycles. The van der Waals surface area contributed by atoms with Gasteiger partial charge in [-0.2, -0.15) is 0 Å². The molecule has 28 heavy (non-hydrogen) atoms. The summed E-state index contributed by atoms with van der Waals surface area (Å²) in [6.07, 6.45) is -0.488. The quantitative estimate of drug-likeness (QED) is 0.573. The molecule has 0 bridgehead atoms. The molecule has 2 amide bonds. The van der Waals surface area contributed by atoms with Gasteiger partial charge in [0.2, 0.25) is 0 Å². The highest BCUT2D eigenvalue weighted by Crippen LogP contribution is 2.07. The topological polar surface area (TPSA) is 124 Å². The Hall–Kier alpha value is -2.97. The van der Waals surface area contributed by atoms with Crippen molar-refractivity contribution in [3.05, 3.63) is 29.6 Å². The second kappa shape index (κ2) is 11.7. The number of esters is 2. The average molecular weight is 393 g/mol. The molecular formula is C19H27N3O6. The highest BCUT2D eigenvalue weighted by Gasteiger charge is 2.22. The van der Waals surface area contributed by atoms with Crippen LogP contribution in [0.5, 0.6) is 0 Å². The van der Waals surface area contributed by atoms with E-state index in [1.165, 1.54) is 32.0 Å². The number of hydrogen-bond acceptors (Lipinski definition) is 7. The number of pyridine rings is 1. The molecule has 1 rings (SSSR count). The van der Waals surface area contributed by atoms with Crippen LogP contribution in [0.25, 0.3) is 0 Å². The molecule has 0 fully saturated rings. The van der Waals surface area contributed by atoms with E-state index in [9.17, 15) is 19.2 Å². The summed E-state index contributed by atoms with van der Waals surface area (Å²) in [5, 5.41) is 5.23. The van der Waals surface area contributed by atoms with Crippen molar-refractivity contribution >= 4 is 23.8 Å². The number of rotatable bonds is 10. The maximum atomic E-state index is 12.2. The molecule has 0 aliphatic carbocycles. The van der Waals surface area contributed by atoms with Crippen LogP contribution in [-0.2, 0) is 19.1 Å². The van der Waals surface area contributed by atoms with Crippen LogP contribution in [-0.4, -0.2) is 54.0 Å². The molecule has 0 unspecified atom stereocenters. The number of carbonyl (C=O) groups is 4. The molecule has 0 saturated carbocycles. The fourth-order valence-electron chi connectivity index (χ4n) is 1.99. The number of hydrogen-bond donors (Lipinski definition) is 2. The van der Waals surface area contributed by atoms with E-state index in [4.69, 9.17) is 9.47 Å². The van der Waals surface area contributed by atoms with Gasteiger partial charge in [0.05, 0.1) is 0 Å². The SMILES string of the molecule is CCCNC(=O)[C@H](C)OC(=O)c1cccc(C(=O)O[C@H](C)C(=O)NCCC)n1. The summed E-state index contributed by atoms with van der Waals surface area (Å²) in [6, 6.07) is 4.14. The number of amides is 2. The lowest BCUT2D eigenvalue weighted by molar-refractivity contribution is -0.129. The Labute approximate surface area is 164 Å². The van der Waals surface area contributed by atoms with Gasteiger partial charge in [0.1, 0.15) is 11.4 Å². The molecule has 9 heteroatoms. The summed E-state index contributed by atoms with van der Waals surface area (Å²) >= 11 is 0. The Balaban J connectivity index is 2.72. The fourth-order valence-corrected chi connectivity index (χ4v) is 1.99. The van der Waals surface area contributed by atoms with Gasteiger partial charge in [-0.3, -0.25) is 9.59 Å². The number of nitrogens with zero attached hydrogens (tertiary/aromatic N) is 1. The molecule has 0 spiro atoms. The van der Waals surface area contributed by atoms with Crippen LogP contribution < -0.4 is 10.6 Å². The third-order valence-electron chi connectivity index (χ3n) is 3.57. The Bertz CT molecular complexity index is 651. The van der Waals surface area contributed by atoms with E-state index < -0.39 is 36.0 Å². The van der Waals surface area contributed by atoms with E-state index in [0.29, 0.717) is 13.1 Å². The standard InChI is InChI=1S/C19H27N3O6/c1-5-10-20-16(23)12(3)27-18(25)14-8-7-9-15(22-14)19(26)28-13(4)17(24)21-11-6-2/h7-9,12-13H,5-6,10-11H2,1-4H3,(H,20,23)(H,21,24)/t12-,13+. The predicted octanol–water partition coefficient (Wildman–Crippen LogP) is 1.22. The highest BCUT2D eigenvalue weighted by atomic mass is 16.6. The number of nitrogens with one attached hydrogen (secondary N) is 2. The largest absolute Gasteiger partial charge is 0.448 e. The van der Waals surface area contributed by atoms with Crippen molar-refractivity contribution in [3.63, 3.8) is 0 Å². The fraction of sp³-hybridized carbons (Fsp3) is 0.526. The van der Waals surface area contributed by atoms with E-state index in [1.807, 2.05) is 13.8 Å². The minimum Gasteiger partial charge on any atom is -0.448 e. The van der Waals surface area contributed by atoms with Crippen molar-refractivity contribution in [1.82, 2.24) is 15.6 Å². The first-order valence-corrected chi connectivity index (χ1v) is 9.24. The molecule has 0 aliphatic rings. The van der Waals surface area contributed by atoms with E-state index in [2.05, 4.69) is 15.6 Å². The smallest absolute Gasteiger partial charge is 0.357 e. The van der Waals surface area contributed by atoms with Crippen molar-refractivity contribution in [1.29, 1.82) is 0 Å². The van der Waals surface area contributed by atoms with Crippen LogP contribution in [0.2, 0.25) is 0 Å². The van der Waals surface area contributed by atoms with Crippen molar-refractivity contribution in [2.45, 2.75) is 52.7 Å². The van der Waals surface area contributed by atoms with Gasteiger partial charge >= 0.3 is 11.9 Å². The lowest BCUT2D eigenvalue weighted by atomic mass is 10.3. The first-order chi connectivity index (χ1) is 13.3. The Morgan fingerprint density at radius 2 is 1.25 bits per heavy atom. The first-order valence-electron chi connectivity index (χ1n) is 9.24. The second-order valence-electron chi connectivity index (χ2n) is 6.09. The monoisotopic (exact) mass is 393 g/mol. The third-order valence-corrected chi connectivity index (χ3v) is 3.57. The number of ether oxygens (including phenoxy) is 2. The van der Waals surface area contributed by atoms with Gasteiger partial charge < -0.3 is 20.1 Å². The van der Waals surface area contributed by atoms with Gasteiger partial charge in [-0.05, 0) is 38.8 Å². The predicted molar refractivity (Wildman–Crippen MR) is 101 cm³/mol. The van der Waals surface area contributed by atoms with Gasteiger partial charge in [-0.1, -0.05) is 19.9 Å². The maximum absolute atomic E-state index is 12.2. The molecule has 0 aliphatic heterocycles. The van der Waals surface area contributed by atoms with Crippen molar-refractivity contribution in [2.75, 3.05) is 13.1 Å². The molecule has 0 aromatic carbocycles. The summed E-state index contributed by atoms with van der Waals surface area (Å²) < 4.78 is 10.1. The summed E-state index contributed by atoms with van der Waals surface area (Å²) in [7, 11) is 0. The van der Waals surface area contributed by atoms with E-state index in [1.54, 1.807) is 0 Å². The number of aromatic nitrogens is 1. The van der Waals surface area contributed by atoms with Gasteiger partial charge in [-0.15, -0.1) is 0 Å². The molecule has 1 heterocycles. The zero-order chi connectivity index (χ0) is 21.1. The first kappa shape index (κ1) is 23.1. The third kappa shape index (κ3) is 7.34. The Morgan fingerprint density at radius 1 is 0.857 bits per heavy atom. The summed E-state index contributed by atoms with van der Waals surface area (Å²) in [5.74, 6) is -2.53. The van der Waals surface area contributed by atoms with E-state index >= 15 is 0 Å². The van der Waals surface area contributed by atoms with Crippen molar-refractivity contribution < 1.29 is 28.7 Å². The van der Waals surface area contributed by atoms with Crippen molar-refractivity contribution in [2.24, 2.45) is 0 Å². The molecule has 2 N–H and O–H groups in total. The summed E-state index contributed by atoms with van der Waals surface area (Å²) in [5.41, 5.74) is -0.291. The lowest BCUT2D eigenvalue weighted by Crippen LogP contribution is -2.36. The van der Waals surface area contributed by atoms with Crippen molar-refractivity contribution in [3.8, 4) is 0 Å². The molecule has 0 radical (unpaired) electrons. The van der Waals surface area contributed by atoms with Gasteiger partial charge in [-0.25, -0.2) is 14.6 Å². The molecular weight excluding hydrogens is 366 g/mol. The van der Waals surface area contributed by atoms with Crippen LogP contribution in [0.1, 0.15) is 61.5 Å². The molecule has 0 saturated heterocycles. The van der Waals surface area contributed by atoms with E-state index in [-0.39, 0.29) is 11.4 Å². The molecule has 1 aromatic rings. The Kier molecular flexibility index (Phi) is 9.63. The molecule has 154 valence electrons. The molecule has 9 nitrogen and oxygen atoms in total. The van der Waals surface area contributed by atoms with Gasteiger partial charge in [0.15, 0.2) is 12.2 Å². The lowest BCUT2D eigenvalue weighted by Gasteiger charge is -2.14. The second-order valence-corrected chi connectivity index (χ2v) is 6.09. The van der Waals surface area contributed by atoms with E-state index in [0.717, 1.165) is 12.8 Å². The van der Waals surface area contributed by atoms with Gasteiger partial charge in [0.25, 0.3) is 11.8 Å². The molecule has 2 atom stereocenters. The maximum Gasteiger partial charge on any atom is 0.357 e. The van der Waals surface area contributed by atoms with Gasteiger partial charge in [0, 0.05) is 13.1 Å². The highest BCUT2D eigenvalue weighted by molar-refractivity contribution is 5.94. The normalized spacial score (nSPS) is 12.4. The minimum atomic E-state index is -1.00. The van der Waals surface area contributed by atoms with Crippen LogP contribution in [0.4, 0.5) is 0 Å². The van der Waals surface area contributed by atoms with Crippen LogP contribution in [0.15, 0.2) is 18.2 Å².